The Hall–Kier alpha value is -0.530. The van der Waals surface area contributed by atoms with Gasteiger partial charge in [0.05, 0.1) is 12.5 Å². The van der Waals surface area contributed by atoms with E-state index >= 15 is 0 Å². The number of carbonyl (C=O) groups excluding carboxylic acids is 1. The lowest BCUT2D eigenvalue weighted by Crippen LogP contribution is -2.19. The number of esters is 1. The summed E-state index contributed by atoms with van der Waals surface area (Å²) in [5.41, 5.74) is 0. The quantitative estimate of drug-likeness (QED) is 0.102. The zero-order chi connectivity index (χ0) is 23.7. The third-order valence-corrected chi connectivity index (χ3v) is 7.04. The first-order chi connectivity index (χ1) is 15.7. The van der Waals surface area contributed by atoms with E-state index in [-0.39, 0.29) is 11.9 Å². The molecule has 0 bridgehead atoms. The minimum atomic E-state index is 0.0450. The van der Waals surface area contributed by atoms with Gasteiger partial charge in [-0.05, 0) is 25.2 Å². The Bertz CT molecular complexity index is 379. The standard InChI is InChI=1S/C30H60O2/c1-5-8-11-13-14-15-16-17-18-20-22-24-28(4)30(31)32-27-29(25-21-10-7-3)26-23-19-12-9-6-2/h28-29H,5-27H2,1-4H3. The maximum atomic E-state index is 12.5. The predicted molar refractivity (Wildman–Crippen MR) is 142 cm³/mol. The summed E-state index contributed by atoms with van der Waals surface area (Å²) in [6.07, 6.45) is 28.9. The summed E-state index contributed by atoms with van der Waals surface area (Å²) in [5, 5.41) is 0. The summed E-state index contributed by atoms with van der Waals surface area (Å²) in [6, 6.07) is 0. The lowest BCUT2D eigenvalue weighted by molar-refractivity contribution is -0.149. The third kappa shape index (κ3) is 21.3. The van der Waals surface area contributed by atoms with Crippen molar-refractivity contribution in [3.63, 3.8) is 0 Å². The Labute approximate surface area is 203 Å². The van der Waals surface area contributed by atoms with E-state index in [2.05, 4.69) is 27.7 Å². The van der Waals surface area contributed by atoms with Gasteiger partial charge in [-0.1, -0.05) is 150 Å². The van der Waals surface area contributed by atoms with Gasteiger partial charge in [0.25, 0.3) is 0 Å². The normalized spacial score (nSPS) is 13.2. The van der Waals surface area contributed by atoms with Crippen LogP contribution in [0.1, 0.15) is 169 Å². The Morgan fingerprint density at radius 2 is 0.875 bits per heavy atom. The van der Waals surface area contributed by atoms with Gasteiger partial charge in [0.1, 0.15) is 0 Å². The first-order valence-corrected chi connectivity index (χ1v) is 14.8. The second kappa shape index (κ2) is 25.1. The molecule has 0 aliphatic rings. The molecule has 0 aliphatic carbocycles. The molecule has 2 heteroatoms. The summed E-state index contributed by atoms with van der Waals surface area (Å²) in [7, 11) is 0. The van der Waals surface area contributed by atoms with Crippen LogP contribution >= 0.6 is 0 Å². The lowest BCUT2D eigenvalue weighted by atomic mass is 9.95. The van der Waals surface area contributed by atoms with Crippen LogP contribution in [0.25, 0.3) is 0 Å². The maximum absolute atomic E-state index is 12.5. The first kappa shape index (κ1) is 31.5. The number of hydrogen-bond donors (Lipinski definition) is 0. The van der Waals surface area contributed by atoms with Crippen molar-refractivity contribution in [1.29, 1.82) is 0 Å². The van der Waals surface area contributed by atoms with E-state index < -0.39 is 0 Å². The summed E-state index contributed by atoms with van der Waals surface area (Å²) < 4.78 is 5.79. The zero-order valence-corrected chi connectivity index (χ0v) is 22.7. The van der Waals surface area contributed by atoms with Crippen molar-refractivity contribution in [2.24, 2.45) is 11.8 Å². The van der Waals surface area contributed by atoms with Gasteiger partial charge in [-0.3, -0.25) is 4.79 Å². The van der Waals surface area contributed by atoms with Gasteiger partial charge in [0.2, 0.25) is 0 Å². The van der Waals surface area contributed by atoms with Crippen LogP contribution in [-0.4, -0.2) is 12.6 Å². The molecule has 0 saturated heterocycles. The van der Waals surface area contributed by atoms with Crippen LogP contribution in [0, 0.1) is 11.8 Å². The number of hydrogen-bond acceptors (Lipinski definition) is 2. The van der Waals surface area contributed by atoms with E-state index in [4.69, 9.17) is 4.74 Å². The molecule has 0 rings (SSSR count). The molecule has 2 atom stereocenters. The minimum Gasteiger partial charge on any atom is -0.465 e. The number of rotatable bonds is 25. The van der Waals surface area contributed by atoms with Crippen molar-refractivity contribution < 1.29 is 9.53 Å². The first-order valence-electron chi connectivity index (χ1n) is 14.8. The monoisotopic (exact) mass is 452 g/mol. The third-order valence-electron chi connectivity index (χ3n) is 7.04. The number of carbonyl (C=O) groups is 1. The van der Waals surface area contributed by atoms with Crippen LogP contribution in [0.15, 0.2) is 0 Å². The molecule has 0 spiro atoms. The largest absolute Gasteiger partial charge is 0.465 e. The molecular weight excluding hydrogens is 392 g/mol. The van der Waals surface area contributed by atoms with Gasteiger partial charge in [0, 0.05) is 0 Å². The van der Waals surface area contributed by atoms with Gasteiger partial charge in [0.15, 0.2) is 0 Å². The molecule has 0 aromatic carbocycles. The minimum absolute atomic E-state index is 0.0450. The summed E-state index contributed by atoms with van der Waals surface area (Å²) in [6.45, 7) is 9.53. The zero-order valence-electron chi connectivity index (χ0n) is 22.7. The van der Waals surface area contributed by atoms with Crippen molar-refractivity contribution in [1.82, 2.24) is 0 Å². The van der Waals surface area contributed by atoms with E-state index in [1.54, 1.807) is 0 Å². The maximum Gasteiger partial charge on any atom is 0.308 e. The molecule has 32 heavy (non-hydrogen) atoms. The smallest absolute Gasteiger partial charge is 0.308 e. The highest BCUT2D eigenvalue weighted by Crippen LogP contribution is 2.20. The van der Waals surface area contributed by atoms with Crippen LogP contribution in [0.4, 0.5) is 0 Å². The second-order valence-corrected chi connectivity index (χ2v) is 10.4. The Kier molecular flexibility index (Phi) is 24.7. The Balaban J connectivity index is 3.83. The topological polar surface area (TPSA) is 26.3 Å². The predicted octanol–water partition coefficient (Wildman–Crippen LogP) is 10.4. The molecule has 2 unspecified atom stereocenters. The molecule has 0 amide bonds. The number of ether oxygens (including phenoxy) is 1. The van der Waals surface area contributed by atoms with Crippen LogP contribution < -0.4 is 0 Å². The van der Waals surface area contributed by atoms with Crippen molar-refractivity contribution >= 4 is 5.97 Å². The summed E-state index contributed by atoms with van der Waals surface area (Å²) in [4.78, 5) is 12.5. The van der Waals surface area contributed by atoms with Crippen LogP contribution in [-0.2, 0) is 9.53 Å². The van der Waals surface area contributed by atoms with E-state index in [0.717, 1.165) is 6.42 Å². The molecule has 0 heterocycles. The van der Waals surface area contributed by atoms with E-state index in [0.29, 0.717) is 12.5 Å². The van der Waals surface area contributed by atoms with Gasteiger partial charge in [-0.2, -0.15) is 0 Å². The molecule has 0 N–H and O–H groups in total. The molecule has 0 aromatic rings. The van der Waals surface area contributed by atoms with Crippen molar-refractivity contribution in [3.8, 4) is 0 Å². The molecule has 0 aromatic heterocycles. The molecule has 0 fully saturated rings. The fourth-order valence-corrected chi connectivity index (χ4v) is 4.61. The van der Waals surface area contributed by atoms with Gasteiger partial charge >= 0.3 is 5.97 Å². The SMILES string of the molecule is CCCCCCCCCCCCCC(C)C(=O)OCC(CCCCC)CCCCCCC. The fraction of sp³-hybridized carbons (Fsp3) is 0.967. The highest BCUT2D eigenvalue weighted by Gasteiger charge is 2.17. The van der Waals surface area contributed by atoms with Crippen LogP contribution in [0.2, 0.25) is 0 Å². The number of unbranched alkanes of at least 4 members (excludes halogenated alkanes) is 16. The molecule has 0 saturated carbocycles. The van der Waals surface area contributed by atoms with E-state index in [9.17, 15) is 4.79 Å². The van der Waals surface area contributed by atoms with Gasteiger partial charge in [-0.25, -0.2) is 0 Å². The summed E-state index contributed by atoms with van der Waals surface area (Å²) in [5.74, 6) is 0.680. The molecule has 192 valence electrons. The van der Waals surface area contributed by atoms with Gasteiger partial charge in [-0.15, -0.1) is 0 Å². The highest BCUT2D eigenvalue weighted by molar-refractivity contribution is 5.71. The van der Waals surface area contributed by atoms with E-state index in [1.807, 2.05) is 0 Å². The van der Waals surface area contributed by atoms with Crippen molar-refractivity contribution in [2.45, 2.75) is 169 Å². The average Bonchev–Trinajstić information content (AvgIpc) is 2.80. The Morgan fingerprint density at radius 1 is 0.531 bits per heavy atom. The average molecular weight is 453 g/mol. The highest BCUT2D eigenvalue weighted by atomic mass is 16.5. The van der Waals surface area contributed by atoms with Crippen molar-refractivity contribution in [2.75, 3.05) is 6.61 Å². The Morgan fingerprint density at radius 3 is 1.34 bits per heavy atom. The van der Waals surface area contributed by atoms with Crippen LogP contribution in [0.3, 0.4) is 0 Å². The van der Waals surface area contributed by atoms with Crippen molar-refractivity contribution in [3.05, 3.63) is 0 Å². The van der Waals surface area contributed by atoms with Crippen LogP contribution in [0.5, 0.6) is 0 Å². The molecular formula is C30H60O2. The van der Waals surface area contributed by atoms with Gasteiger partial charge < -0.3 is 4.74 Å². The molecule has 0 aliphatic heterocycles. The second-order valence-electron chi connectivity index (χ2n) is 10.4. The molecule has 0 radical (unpaired) electrons. The lowest BCUT2D eigenvalue weighted by Gasteiger charge is -2.19. The molecule has 2 nitrogen and oxygen atoms in total. The summed E-state index contributed by atoms with van der Waals surface area (Å²) >= 11 is 0. The van der Waals surface area contributed by atoms with E-state index in [1.165, 1.54) is 135 Å². The fourth-order valence-electron chi connectivity index (χ4n) is 4.61.